The Kier molecular flexibility index (Phi) is 3.36. The van der Waals surface area contributed by atoms with Crippen LogP contribution in [0.1, 0.15) is 11.1 Å². The average molecular weight is 333 g/mol. The molecule has 0 saturated carbocycles. The fraction of sp³-hybridized carbons (Fsp3) is 0.0667. The number of benzene rings is 2. The largest absolute Gasteiger partial charge is 0.324 e. The van der Waals surface area contributed by atoms with E-state index in [4.69, 9.17) is 0 Å². The van der Waals surface area contributed by atoms with Gasteiger partial charge in [0.05, 0.1) is 11.4 Å². The molecule has 2 aromatic carbocycles. The standard InChI is InChI=1S/C15H10BrFN2O/c16-10-3-6-13-12(7-10)15(18-8-14(20)19-13)9-1-4-11(17)5-2-9/h1-7H,8H2,(H,19,20). The van der Waals surface area contributed by atoms with E-state index in [2.05, 4.69) is 26.2 Å². The smallest absolute Gasteiger partial charge is 0.246 e. The number of carbonyl (C=O) groups is 1. The van der Waals surface area contributed by atoms with E-state index in [-0.39, 0.29) is 18.3 Å². The third kappa shape index (κ3) is 2.49. The van der Waals surface area contributed by atoms with E-state index >= 15 is 0 Å². The Labute approximate surface area is 123 Å². The predicted molar refractivity (Wildman–Crippen MR) is 79.7 cm³/mol. The fourth-order valence-electron chi connectivity index (χ4n) is 2.10. The molecule has 1 heterocycles. The number of hydrogen-bond donors (Lipinski definition) is 1. The van der Waals surface area contributed by atoms with E-state index in [1.807, 2.05) is 18.2 Å². The third-order valence-corrected chi connectivity index (χ3v) is 3.50. The predicted octanol–water partition coefficient (Wildman–Crippen LogP) is 3.38. The molecular formula is C15H10BrFN2O. The summed E-state index contributed by atoms with van der Waals surface area (Å²) in [5.41, 5.74) is 2.98. The van der Waals surface area contributed by atoms with Crippen molar-refractivity contribution in [2.24, 2.45) is 4.99 Å². The topological polar surface area (TPSA) is 41.5 Å². The number of carbonyl (C=O) groups excluding carboxylic acids is 1. The average Bonchev–Trinajstić information content (AvgIpc) is 2.58. The minimum atomic E-state index is -0.299. The molecule has 0 bridgehead atoms. The van der Waals surface area contributed by atoms with Gasteiger partial charge >= 0.3 is 0 Å². The number of nitrogens with zero attached hydrogens (tertiary/aromatic N) is 1. The molecule has 3 rings (SSSR count). The summed E-state index contributed by atoms with van der Waals surface area (Å²) < 4.78 is 13.9. The van der Waals surface area contributed by atoms with Crippen LogP contribution < -0.4 is 5.32 Å². The molecule has 20 heavy (non-hydrogen) atoms. The van der Waals surface area contributed by atoms with Crippen molar-refractivity contribution in [3.8, 4) is 0 Å². The van der Waals surface area contributed by atoms with Crippen molar-refractivity contribution in [2.45, 2.75) is 0 Å². The van der Waals surface area contributed by atoms with Crippen molar-refractivity contribution >= 4 is 33.2 Å². The van der Waals surface area contributed by atoms with Crippen LogP contribution in [0.3, 0.4) is 0 Å². The summed E-state index contributed by atoms with van der Waals surface area (Å²) in [5, 5.41) is 2.81. The van der Waals surface area contributed by atoms with Crippen LogP contribution in [0.25, 0.3) is 0 Å². The van der Waals surface area contributed by atoms with Gasteiger partial charge in [-0.15, -0.1) is 0 Å². The van der Waals surface area contributed by atoms with E-state index in [1.165, 1.54) is 12.1 Å². The second-order valence-corrected chi connectivity index (χ2v) is 5.33. The first kappa shape index (κ1) is 13.0. The molecule has 1 aliphatic heterocycles. The van der Waals surface area contributed by atoms with Gasteiger partial charge < -0.3 is 5.32 Å². The summed E-state index contributed by atoms with van der Waals surface area (Å²) in [7, 11) is 0. The van der Waals surface area contributed by atoms with Crippen molar-refractivity contribution in [2.75, 3.05) is 11.9 Å². The van der Waals surface area contributed by atoms with Crippen LogP contribution in [-0.4, -0.2) is 18.2 Å². The first-order valence-corrected chi connectivity index (χ1v) is 6.83. The summed E-state index contributed by atoms with van der Waals surface area (Å²) in [6.45, 7) is 0.0546. The lowest BCUT2D eigenvalue weighted by Crippen LogP contribution is -2.13. The van der Waals surface area contributed by atoms with Crippen LogP contribution in [0.4, 0.5) is 10.1 Å². The second kappa shape index (κ2) is 5.17. The minimum Gasteiger partial charge on any atom is -0.324 e. The van der Waals surface area contributed by atoms with E-state index in [1.54, 1.807) is 12.1 Å². The quantitative estimate of drug-likeness (QED) is 0.854. The van der Waals surface area contributed by atoms with Crippen molar-refractivity contribution in [1.29, 1.82) is 0 Å². The zero-order valence-corrected chi connectivity index (χ0v) is 11.9. The number of fused-ring (bicyclic) bond motifs is 1. The first-order chi connectivity index (χ1) is 9.63. The Hall–Kier alpha value is -2.01. The Morgan fingerprint density at radius 3 is 2.65 bits per heavy atom. The number of amides is 1. The Morgan fingerprint density at radius 1 is 1.15 bits per heavy atom. The molecule has 0 atom stereocenters. The first-order valence-electron chi connectivity index (χ1n) is 6.03. The summed E-state index contributed by atoms with van der Waals surface area (Å²) in [5.74, 6) is -0.461. The van der Waals surface area contributed by atoms with Crippen LogP contribution in [0.2, 0.25) is 0 Å². The molecule has 3 nitrogen and oxygen atoms in total. The maximum atomic E-state index is 13.0. The summed E-state index contributed by atoms with van der Waals surface area (Å²) in [4.78, 5) is 16.0. The molecule has 1 amide bonds. The molecule has 2 aromatic rings. The van der Waals surface area contributed by atoms with E-state index in [0.717, 1.165) is 15.6 Å². The number of aliphatic imine (C=N–C) groups is 1. The second-order valence-electron chi connectivity index (χ2n) is 4.41. The van der Waals surface area contributed by atoms with Crippen molar-refractivity contribution in [1.82, 2.24) is 0 Å². The molecule has 1 aliphatic rings. The van der Waals surface area contributed by atoms with Gasteiger partial charge in [-0.3, -0.25) is 9.79 Å². The van der Waals surface area contributed by atoms with Crippen LogP contribution in [0.15, 0.2) is 51.9 Å². The summed E-state index contributed by atoms with van der Waals surface area (Å²) in [6.07, 6.45) is 0. The van der Waals surface area contributed by atoms with Gasteiger partial charge in [0.25, 0.3) is 0 Å². The van der Waals surface area contributed by atoms with Crippen LogP contribution in [0.5, 0.6) is 0 Å². The highest BCUT2D eigenvalue weighted by molar-refractivity contribution is 9.10. The van der Waals surface area contributed by atoms with Crippen LogP contribution >= 0.6 is 15.9 Å². The lowest BCUT2D eigenvalue weighted by Gasteiger charge is -2.10. The molecule has 0 aromatic heterocycles. The van der Waals surface area contributed by atoms with Gasteiger partial charge in [0.15, 0.2) is 0 Å². The van der Waals surface area contributed by atoms with Gasteiger partial charge in [0.2, 0.25) is 5.91 Å². The van der Waals surface area contributed by atoms with E-state index in [9.17, 15) is 9.18 Å². The fourth-order valence-corrected chi connectivity index (χ4v) is 2.46. The molecular weight excluding hydrogens is 323 g/mol. The van der Waals surface area contributed by atoms with Gasteiger partial charge in [-0.1, -0.05) is 15.9 Å². The van der Waals surface area contributed by atoms with Gasteiger partial charge in [0.1, 0.15) is 12.4 Å². The van der Waals surface area contributed by atoms with Crippen molar-refractivity contribution < 1.29 is 9.18 Å². The molecule has 0 aliphatic carbocycles. The molecule has 1 N–H and O–H groups in total. The number of rotatable bonds is 1. The zero-order valence-electron chi connectivity index (χ0n) is 10.4. The van der Waals surface area contributed by atoms with Gasteiger partial charge in [-0.25, -0.2) is 4.39 Å². The molecule has 100 valence electrons. The maximum absolute atomic E-state index is 13.0. The number of anilines is 1. The summed E-state index contributed by atoms with van der Waals surface area (Å²) in [6, 6.07) is 11.7. The minimum absolute atomic E-state index is 0.0546. The van der Waals surface area contributed by atoms with E-state index < -0.39 is 0 Å². The normalized spacial score (nSPS) is 14.1. The molecule has 0 unspecified atom stereocenters. The molecule has 5 heteroatoms. The monoisotopic (exact) mass is 332 g/mol. The van der Waals surface area contributed by atoms with Gasteiger partial charge in [-0.05, 0) is 42.5 Å². The van der Waals surface area contributed by atoms with Crippen molar-refractivity contribution in [3.63, 3.8) is 0 Å². The lowest BCUT2D eigenvalue weighted by atomic mass is 10.0. The molecule has 0 radical (unpaired) electrons. The van der Waals surface area contributed by atoms with Gasteiger partial charge in [-0.2, -0.15) is 0 Å². The van der Waals surface area contributed by atoms with E-state index in [0.29, 0.717) is 11.4 Å². The zero-order chi connectivity index (χ0) is 14.1. The number of benzodiazepines with no additional fused rings is 1. The Balaban J connectivity index is 2.17. The number of nitrogens with one attached hydrogen (secondary N) is 1. The number of halogens is 2. The van der Waals surface area contributed by atoms with Crippen molar-refractivity contribution in [3.05, 3.63) is 63.9 Å². The molecule has 0 spiro atoms. The SMILES string of the molecule is O=C1CN=C(c2ccc(F)cc2)c2cc(Br)ccc2N1. The van der Waals surface area contributed by atoms with Gasteiger partial charge in [0, 0.05) is 15.6 Å². The summed E-state index contributed by atoms with van der Waals surface area (Å²) >= 11 is 3.41. The Bertz CT molecular complexity index is 710. The van der Waals surface area contributed by atoms with Crippen LogP contribution in [-0.2, 0) is 4.79 Å². The lowest BCUT2D eigenvalue weighted by molar-refractivity contribution is -0.114. The van der Waals surface area contributed by atoms with Crippen LogP contribution in [0, 0.1) is 5.82 Å². The number of hydrogen-bond acceptors (Lipinski definition) is 2. The highest BCUT2D eigenvalue weighted by Gasteiger charge is 2.18. The third-order valence-electron chi connectivity index (χ3n) is 3.01. The highest BCUT2D eigenvalue weighted by atomic mass is 79.9. The highest BCUT2D eigenvalue weighted by Crippen LogP contribution is 2.26. The molecule has 0 fully saturated rings. The maximum Gasteiger partial charge on any atom is 0.246 e. The molecule has 0 saturated heterocycles. The Morgan fingerprint density at radius 2 is 1.90 bits per heavy atom.